The number of morpholine rings is 1. The van der Waals surface area contributed by atoms with Crippen molar-refractivity contribution in [1.29, 1.82) is 5.26 Å². The Morgan fingerprint density at radius 1 is 1.12 bits per heavy atom. The van der Waals surface area contributed by atoms with E-state index in [1.165, 1.54) is 0 Å². The molecule has 1 saturated heterocycles. The Labute approximate surface area is 235 Å². The monoisotopic (exact) mass is 559 g/mol. The number of rotatable bonds is 9. The first-order valence-corrected chi connectivity index (χ1v) is 13.5. The van der Waals surface area contributed by atoms with Gasteiger partial charge in [0.1, 0.15) is 11.1 Å². The van der Waals surface area contributed by atoms with Gasteiger partial charge in [-0.3, -0.25) is 14.6 Å². The van der Waals surface area contributed by atoms with Crippen molar-refractivity contribution in [1.82, 2.24) is 10.3 Å². The fourth-order valence-electron chi connectivity index (χ4n) is 4.29. The summed E-state index contributed by atoms with van der Waals surface area (Å²) in [7, 11) is 3.12. The second-order valence-corrected chi connectivity index (χ2v) is 9.61. The molecule has 0 spiro atoms. The number of hydrogen-bond donors (Lipinski definition) is 1. The van der Waals surface area contributed by atoms with E-state index < -0.39 is 0 Å². The third kappa shape index (κ3) is 5.85. The fourth-order valence-corrected chi connectivity index (χ4v) is 5.10. The Morgan fingerprint density at radius 2 is 1.93 bits per heavy atom. The van der Waals surface area contributed by atoms with Crippen LogP contribution in [0.1, 0.15) is 5.56 Å². The van der Waals surface area contributed by atoms with E-state index in [1.54, 1.807) is 31.3 Å². The Morgan fingerprint density at radius 3 is 2.65 bits per heavy atom. The highest BCUT2D eigenvalue weighted by atomic mass is 32.2. The van der Waals surface area contributed by atoms with Crippen LogP contribution in [0.4, 0.5) is 5.88 Å². The second kappa shape index (κ2) is 12.5. The first-order valence-electron chi connectivity index (χ1n) is 12.5. The van der Waals surface area contributed by atoms with Crippen LogP contribution in [0.2, 0.25) is 0 Å². The van der Waals surface area contributed by atoms with Crippen LogP contribution < -0.4 is 24.6 Å². The van der Waals surface area contributed by atoms with E-state index in [-0.39, 0.29) is 17.5 Å². The lowest BCUT2D eigenvalue weighted by Gasteiger charge is -2.18. The predicted octanol–water partition coefficient (Wildman–Crippen LogP) is 3.28. The molecule has 0 unspecified atom stereocenters. The Bertz CT molecular complexity index is 1530. The average molecular weight is 560 g/mol. The van der Waals surface area contributed by atoms with Gasteiger partial charge in [-0.2, -0.15) is 5.26 Å². The van der Waals surface area contributed by atoms with E-state index in [1.807, 2.05) is 53.5 Å². The number of methoxy groups -OCH3 is 2. The number of amides is 1. The second-order valence-electron chi connectivity index (χ2n) is 8.64. The van der Waals surface area contributed by atoms with Gasteiger partial charge in [0.25, 0.3) is 6.20 Å². The summed E-state index contributed by atoms with van der Waals surface area (Å²) >= 11 is 1.16. The van der Waals surface area contributed by atoms with Gasteiger partial charge in [0.05, 0.1) is 62.3 Å². The maximum absolute atomic E-state index is 12.9. The smallest absolute Gasteiger partial charge is 0.305 e. The SMILES string of the molecule is COc1cccc(-c2cc(-c3ccccc3)nc(SCC(=O)Nc3c[n+](N4CCOCC4)no3)c2C#N)c1OC. The number of carbonyl (C=O) groups excluding carboxylic acids is 1. The molecule has 2 aromatic carbocycles. The molecule has 0 atom stereocenters. The van der Waals surface area contributed by atoms with Gasteiger partial charge in [-0.15, -0.1) is 5.01 Å². The Hall–Kier alpha value is -4.60. The highest BCUT2D eigenvalue weighted by molar-refractivity contribution is 8.00. The quantitative estimate of drug-likeness (QED) is 0.241. The summed E-state index contributed by atoms with van der Waals surface area (Å²) in [5.74, 6) is 0.917. The van der Waals surface area contributed by atoms with Crippen LogP contribution in [0.3, 0.4) is 0 Å². The van der Waals surface area contributed by atoms with Crippen LogP contribution in [0.15, 0.2) is 70.3 Å². The number of benzene rings is 2. The number of thioether (sulfide) groups is 1. The van der Waals surface area contributed by atoms with Gasteiger partial charge in [0.2, 0.25) is 11.2 Å². The van der Waals surface area contributed by atoms with E-state index in [0.717, 1.165) is 17.3 Å². The fraction of sp³-hybridized carbons (Fsp3) is 0.250. The molecular weight excluding hydrogens is 532 g/mol. The van der Waals surface area contributed by atoms with Crippen LogP contribution in [0, 0.1) is 11.3 Å². The van der Waals surface area contributed by atoms with Gasteiger partial charge in [0, 0.05) is 16.7 Å². The Kier molecular flexibility index (Phi) is 8.44. The highest BCUT2D eigenvalue weighted by Gasteiger charge is 2.25. The first-order chi connectivity index (χ1) is 19.6. The molecule has 12 heteroatoms. The average Bonchev–Trinajstić information content (AvgIpc) is 3.48. The van der Waals surface area contributed by atoms with Crippen molar-refractivity contribution in [3.63, 3.8) is 0 Å². The minimum absolute atomic E-state index is 0.00708. The van der Waals surface area contributed by atoms with Crippen molar-refractivity contribution >= 4 is 23.6 Å². The van der Waals surface area contributed by atoms with Crippen molar-refractivity contribution < 1.29 is 28.3 Å². The summed E-state index contributed by atoms with van der Waals surface area (Å²) in [5, 5.41) is 19.3. The van der Waals surface area contributed by atoms with Gasteiger partial charge in [-0.1, -0.05) is 54.2 Å². The minimum Gasteiger partial charge on any atom is -0.493 e. The van der Waals surface area contributed by atoms with E-state index in [2.05, 4.69) is 16.7 Å². The number of hydrogen-bond acceptors (Lipinski definition) is 10. The van der Waals surface area contributed by atoms with Gasteiger partial charge in [-0.25, -0.2) is 4.98 Å². The van der Waals surface area contributed by atoms with Crippen molar-refractivity contribution in [3.05, 3.63) is 66.4 Å². The van der Waals surface area contributed by atoms with Crippen LogP contribution in [0.25, 0.3) is 22.4 Å². The molecule has 1 amide bonds. The molecule has 204 valence electrons. The van der Waals surface area contributed by atoms with Crippen molar-refractivity contribution in [2.24, 2.45) is 0 Å². The summed E-state index contributed by atoms with van der Waals surface area (Å²) < 4.78 is 21.8. The molecule has 1 aliphatic rings. The zero-order valence-corrected chi connectivity index (χ0v) is 22.8. The van der Waals surface area contributed by atoms with Crippen molar-refractivity contribution in [2.75, 3.05) is 56.6 Å². The number of nitrogens with zero attached hydrogens (tertiary/aromatic N) is 5. The number of nitrogens with one attached hydrogen (secondary N) is 1. The molecule has 5 rings (SSSR count). The number of nitriles is 1. The number of carbonyl (C=O) groups is 1. The summed E-state index contributed by atoms with van der Waals surface area (Å²) in [6, 6.07) is 19.3. The largest absolute Gasteiger partial charge is 0.493 e. The number of pyridine rings is 1. The molecular formula is C28H27N6O5S+. The molecule has 11 nitrogen and oxygen atoms in total. The molecule has 2 aromatic heterocycles. The molecule has 1 fully saturated rings. The van der Waals surface area contributed by atoms with Gasteiger partial charge >= 0.3 is 5.88 Å². The molecule has 4 aromatic rings. The van der Waals surface area contributed by atoms with E-state index in [0.29, 0.717) is 65.2 Å². The molecule has 3 heterocycles. The number of aromatic nitrogens is 3. The zero-order chi connectivity index (χ0) is 27.9. The lowest BCUT2D eigenvalue weighted by atomic mass is 9.98. The minimum atomic E-state index is -0.327. The number of ether oxygens (including phenoxy) is 3. The van der Waals surface area contributed by atoms with Crippen LogP contribution in [0.5, 0.6) is 11.5 Å². The van der Waals surface area contributed by atoms with E-state index in [4.69, 9.17) is 23.7 Å². The third-order valence-electron chi connectivity index (χ3n) is 6.20. The van der Waals surface area contributed by atoms with Crippen LogP contribution in [-0.2, 0) is 9.53 Å². The molecule has 0 aliphatic carbocycles. The molecule has 0 radical (unpaired) electrons. The van der Waals surface area contributed by atoms with Gasteiger partial charge in [0.15, 0.2) is 11.5 Å². The summed E-state index contributed by atoms with van der Waals surface area (Å²) in [5.41, 5.74) is 3.16. The van der Waals surface area contributed by atoms with E-state index >= 15 is 0 Å². The normalized spacial score (nSPS) is 13.0. The van der Waals surface area contributed by atoms with Crippen molar-refractivity contribution in [2.45, 2.75) is 5.03 Å². The maximum atomic E-state index is 12.9. The lowest BCUT2D eigenvalue weighted by molar-refractivity contribution is -0.759. The summed E-state index contributed by atoms with van der Waals surface area (Å²) in [6.07, 6.45) is 1.61. The molecule has 1 aliphatic heterocycles. The number of anilines is 1. The number of para-hydroxylation sites is 1. The van der Waals surface area contributed by atoms with E-state index in [9.17, 15) is 10.1 Å². The molecule has 0 saturated carbocycles. The van der Waals surface area contributed by atoms with Crippen LogP contribution in [-0.4, -0.2) is 62.4 Å². The van der Waals surface area contributed by atoms with Gasteiger partial charge in [-0.05, 0) is 12.1 Å². The Balaban J connectivity index is 1.43. The first kappa shape index (κ1) is 27.0. The van der Waals surface area contributed by atoms with Crippen molar-refractivity contribution in [3.8, 4) is 40.0 Å². The summed E-state index contributed by atoms with van der Waals surface area (Å²) in [4.78, 5) is 19.2. The molecule has 40 heavy (non-hydrogen) atoms. The molecule has 0 bridgehead atoms. The highest BCUT2D eigenvalue weighted by Crippen LogP contribution is 2.42. The molecule has 1 N–H and O–H groups in total. The standard InChI is InChI=1S/C28H26N6O5S/c1-36-24-10-6-9-20(27(24)37-2)21-15-23(19-7-4-3-5-8-19)30-28(22(21)16-29)40-18-25(35)31-26-17-34(32-39-26)33-11-13-38-14-12-33/h3-10,15,17H,11-14,18H2,1-2H3/p+1. The predicted molar refractivity (Wildman–Crippen MR) is 148 cm³/mol. The zero-order valence-electron chi connectivity index (χ0n) is 22.0. The summed E-state index contributed by atoms with van der Waals surface area (Å²) in [6.45, 7) is 2.53. The third-order valence-corrected chi connectivity index (χ3v) is 7.17. The topological polar surface area (TPSA) is 127 Å². The maximum Gasteiger partial charge on any atom is 0.305 e. The van der Waals surface area contributed by atoms with Gasteiger partial charge < -0.3 is 14.2 Å². The van der Waals surface area contributed by atoms with Crippen LogP contribution >= 0.6 is 11.8 Å². The lowest BCUT2D eigenvalue weighted by Crippen LogP contribution is -2.62.